The van der Waals surface area contributed by atoms with E-state index in [4.69, 9.17) is 9.47 Å². The Kier molecular flexibility index (Phi) is 5.53. The van der Waals surface area contributed by atoms with E-state index in [9.17, 15) is 0 Å². The van der Waals surface area contributed by atoms with Crippen LogP contribution in [-0.2, 0) is 18.3 Å². The summed E-state index contributed by atoms with van der Waals surface area (Å²) in [6, 6.07) is 6.62. The molecule has 0 bridgehead atoms. The number of methoxy groups -OCH3 is 1. The summed E-state index contributed by atoms with van der Waals surface area (Å²) in [5.74, 6) is 2.59. The van der Waals surface area contributed by atoms with Crippen molar-refractivity contribution in [3.05, 3.63) is 47.5 Å². The second-order valence-corrected chi connectivity index (χ2v) is 6.51. The molecule has 5 nitrogen and oxygen atoms in total. The first-order chi connectivity index (χ1) is 11.7. The largest absolute Gasteiger partial charge is 0.496 e. The summed E-state index contributed by atoms with van der Waals surface area (Å²) in [6.45, 7) is 4.54. The maximum Gasteiger partial charge on any atom is 0.125 e. The number of imidazole rings is 1. The van der Waals surface area contributed by atoms with Crippen LogP contribution in [0.4, 0.5) is 0 Å². The summed E-state index contributed by atoms with van der Waals surface area (Å²) in [4.78, 5) is 4.59. The molecule has 1 aliphatic rings. The summed E-state index contributed by atoms with van der Waals surface area (Å²) >= 11 is 0. The van der Waals surface area contributed by atoms with Gasteiger partial charge in [-0.2, -0.15) is 0 Å². The molecule has 1 aliphatic heterocycles. The molecule has 0 radical (unpaired) electrons. The number of nitrogens with zero attached hydrogens (tertiary/aromatic N) is 2. The average molecular weight is 329 g/mol. The average Bonchev–Trinajstić information content (AvgIpc) is 3.03. The van der Waals surface area contributed by atoms with Gasteiger partial charge in [0.1, 0.15) is 11.6 Å². The van der Waals surface area contributed by atoms with E-state index in [0.29, 0.717) is 5.92 Å². The van der Waals surface area contributed by atoms with Crippen molar-refractivity contribution < 1.29 is 9.47 Å². The highest BCUT2D eigenvalue weighted by Gasteiger charge is 2.27. The van der Waals surface area contributed by atoms with Crippen molar-refractivity contribution in [3.63, 3.8) is 0 Å². The Morgan fingerprint density at radius 3 is 2.83 bits per heavy atom. The fourth-order valence-electron chi connectivity index (χ4n) is 3.40. The quantitative estimate of drug-likeness (QED) is 0.885. The Bertz CT molecular complexity index is 662. The van der Waals surface area contributed by atoms with Gasteiger partial charge in [0, 0.05) is 39.2 Å². The highest BCUT2D eigenvalue weighted by atomic mass is 16.5. The molecule has 1 aromatic carbocycles. The van der Waals surface area contributed by atoms with Gasteiger partial charge in [-0.25, -0.2) is 4.98 Å². The molecule has 0 spiro atoms. The van der Waals surface area contributed by atoms with Crippen LogP contribution < -0.4 is 10.1 Å². The molecular formula is C19H27N3O2. The molecule has 130 valence electrons. The Morgan fingerprint density at radius 1 is 1.38 bits per heavy atom. The van der Waals surface area contributed by atoms with Gasteiger partial charge in [0.05, 0.1) is 13.2 Å². The number of benzene rings is 1. The van der Waals surface area contributed by atoms with Gasteiger partial charge in [0.2, 0.25) is 0 Å². The third-order valence-electron chi connectivity index (χ3n) is 4.87. The van der Waals surface area contributed by atoms with Crippen LogP contribution in [0.2, 0.25) is 0 Å². The minimum atomic E-state index is 0.237. The zero-order chi connectivity index (χ0) is 16.9. The second-order valence-electron chi connectivity index (χ2n) is 6.51. The molecule has 0 unspecified atom stereocenters. The third kappa shape index (κ3) is 3.79. The number of aryl methyl sites for hydroxylation is 2. The monoisotopic (exact) mass is 329 g/mol. The minimum Gasteiger partial charge on any atom is -0.496 e. The van der Waals surface area contributed by atoms with Crippen molar-refractivity contribution in [1.29, 1.82) is 0 Å². The molecule has 0 saturated carbocycles. The van der Waals surface area contributed by atoms with Crippen LogP contribution in [-0.4, -0.2) is 29.9 Å². The maximum atomic E-state index is 5.53. The van der Waals surface area contributed by atoms with E-state index >= 15 is 0 Å². The van der Waals surface area contributed by atoms with Crippen LogP contribution in [0.1, 0.15) is 35.8 Å². The van der Waals surface area contributed by atoms with E-state index in [-0.39, 0.29) is 6.04 Å². The van der Waals surface area contributed by atoms with E-state index < -0.39 is 0 Å². The molecule has 0 amide bonds. The van der Waals surface area contributed by atoms with Crippen molar-refractivity contribution in [1.82, 2.24) is 14.9 Å². The lowest BCUT2D eigenvalue weighted by Gasteiger charge is -2.31. The van der Waals surface area contributed by atoms with E-state index in [2.05, 4.69) is 47.0 Å². The van der Waals surface area contributed by atoms with Gasteiger partial charge in [0.15, 0.2) is 0 Å². The molecule has 1 atom stereocenters. The number of hydrogen-bond acceptors (Lipinski definition) is 4. The molecule has 1 saturated heterocycles. The van der Waals surface area contributed by atoms with Gasteiger partial charge in [0.25, 0.3) is 0 Å². The third-order valence-corrected chi connectivity index (χ3v) is 4.87. The van der Waals surface area contributed by atoms with E-state index in [0.717, 1.165) is 49.7 Å². The molecule has 2 aromatic rings. The highest BCUT2D eigenvalue weighted by molar-refractivity contribution is 5.36. The SMILES string of the molecule is COc1cc(CN[C@@H](c2nccn2C)C2CCOCC2)ccc1C. The maximum absolute atomic E-state index is 5.53. The normalized spacial score (nSPS) is 17.0. The zero-order valence-electron chi connectivity index (χ0n) is 14.8. The summed E-state index contributed by atoms with van der Waals surface area (Å²) in [5, 5.41) is 3.73. The number of ether oxygens (including phenoxy) is 2. The van der Waals surface area contributed by atoms with Gasteiger partial charge in [-0.3, -0.25) is 0 Å². The van der Waals surface area contributed by atoms with Crippen LogP contribution in [0.5, 0.6) is 5.75 Å². The smallest absolute Gasteiger partial charge is 0.125 e. The lowest BCUT2D eigenvalue weighted by Crippen LogP contribution is -2.33. The lowest BCUT2D eigenvalue weighted by atomic mass is 9.91. The van der Waals surface area contributed by atoms with Crippen LogP contribution in [0.3, 0.4) is 0 Å². The first-order valence-electron chi connectivity index (χ1n) is 8.61. The molecule has 1 N–H and O–H groups in total. The first kappa shape index (κ1) is 17.0. The fourth-order valence-corrected chi connectivity index (χ4v) is 3.40. The van der Waals surface area contributed by atoms with Crippen LogP contribution >= 0.6 is 0 Å². The predicted octanol–water partition coefficient (Wildman–Crippen LogP) is 2.99. The molecule has 2 heterocycles. The van der Waals surface area contributed by atoms with Gasteiger partial charge < -0.3 is 19.4 Å². The summed E-state index contributed by atoms with van der Waals surface area (Å²) in [5.41, 5.74) is 2.38. The van der Waals surface area contributed by atoms with Crippen LogP contribution in [0.25, 0.3) is 0 Å². The topological polar surface area (TPSA) is 48.3 Å². The van der Waals surface area contributed by atoms with Gasteiger partial charge in [-0.15, -0.1) is 0 Å². The van der Waals surface area contributed by atoms with Crippen molar-refractivity contribution >= 4 is 0 Å². The minimum absolute atomic E-state index is 0.237. The molecule has 24 heavy (non-hydrogen) atoms. The Hall–Kier alpha value is -1.85. The second kappa shape index (κ2) is 7.81. The van der Waals surface area contributed by atoms with Gasteiger partial charge in [-0.05, 0) is 42.9 Å². The van der Waals surface area contributed by atoms with Crippen molar-refractivity contribution in [2.75, 3.05) is 20.3 Å². The number of rotatable bonds is 6. The highest BCUT2D eigenvalue weighted by Crippen LogP contribution is 2.29. The molecule has 1 fully saturated rings. The standard InChI is InChI=1S/C19H27N3O2/c1-14-4-5-15(12-17(14)23-3)13-21-18(16-6-10-24-11-7-16)19-20-8-9-22(19)2/h4-5,8-9,12,16,18,21H,6-7,10-11,13H2,1-3H3/t18-/m1/s1. The Labute approximate surface area is 144 Å². The van der Waals surface area contributed by atoms with E-state index in [1.165, 1.54) is 5.56 Å². The zero-order valence-corrected chi connectivity index (χ0v) is 14.8. The summed E-state index contributed by atoms with van der Waals surface area (Å²) in [7, 11) is 3.78. The van der Waals surface area contributed by atoms with Gasteiger partial charge in [-0.1, -0.05) is 12.1 Å². The predicted molar refractivity (Wildman–Crippen MR) is 94.1 cm³/mol. The number of hydrogen-bond donors (Lipinski definition) is 1. The first-order valence-corrected chi connectivity index (χ1v) is 8.61. The molecular weight excluding hydrogens is 302 g/mol. The number of nitrogens with one attached hydrogen (secondary N) is 1. The van der Waals surface area contributed by atoms with Crippen molar-refractivity contribution in [2.45, 2.75) is 32.4 Å². The molecule has 1 aromatic heterocycles. The fraction of sp³-hybridized carbons (Fsp3) is 0.526. The summed E-state index contributed by atoms with van der Waals surface area (Å²) in [6.07, 6.45) is 6.03. The Balaban J connectivity index is 1.75. The molecule has 5 heteroatoms. The van der Waals surface area contributed by atoms with Crippen LogP contribution in [0, 0.1) is 12.8 Å². The van der Waals surface area contributed by atoms with Gasteiger partial charge >= 0.3 is 0 Å². The van der Waals surface area contributed by atoms with E-state index in [1.807, 2.05) is 12.4 Å². The summed E-state index contributed by atoms with van der Waals surface area (Å²) < 4.78 is 13.1. The number of aromatic nitrogens is 2. The van der Waals surface area contributed by atoms with Crippen LogP contribution in [0.15, 0.2) is 30.6 Å². The van der Waals surface area contributed by atoms with Crippen molar-refractivity contribution in [3.8, 4) is 5.75 Å². The Morgan fingerprint density at radius 2 is 2.17 bits per heavy atom. The molecule has 0 aliphatic carbocycles. The lowest BCUT2D eigenvalue weighted by molar-refractivity contribution is 0.0518. The van der Waals surface area contributed by atoms with Crippen molar-refractivity contribution in [2.24, 2.45) is 13.0 Å². The molecule has 3 rings (SSSR count). The van der Waals surface area contributed by atoms with E-state index in [1.54, 1.807) is 7.11 Å².